The second kappa shape index (κ2) is 11.1. The van der Waals surface area contributed by atoms with E-state index in [1.807, 2.05) is 19.9 Å². The Bertz CT molecular complexity index is 825. The van der Waals surface area contributed by atoms with Crippen molar-refractivity contribution in [1.29, 1.82) is 0 Å². The van der Waals surface area contributed by atoms with Gasteiger partial charge in [0.15, 0.2) is 11.5 Å². The van der Waals surface area contributed by atoms with Gasteiger partial charge in [0.1, 0.15) is 6.61 Å². The molecule has 1 fully saturated rings. The zero-order valence-corrected chi connectivity index (χ0v) is 17.7. The van der Waals surface area contributed by atoms with Crippen LogP contribution in [-0.2, 0) is 4.74 Å². The number of rotatable bonds is 9. The summed E-state index contributed by atoms with van der Waals surface area (Å²) >= 11 is 0. The molecule has 0 radical (unpaired) electrons. The van der Waals surface area contributed by atoms with E-state index < -0.39 is 11.6 Å². The number of hydrogen-bond donors (Lipinski definition) is 0. The van der Waals surface area contributed by atoms with E-state index in [0.717, 1.165) is 25.7 Å². The first-order chi connectivity index (χ1) is 14.6. The Kier molecular flexibility index (Phi) is 8.26. The molecule has 30 heavy (non-hydrogen) atoms. The number of ether oxygens (including phenoxy) is 3. The predicted molar refractivity (Wildman–Crippen MR) is 115 cm³/mol. The smallest absolute Gasteiger partial charge is 0.204 e. The zero-order chi connectivity index (χ0) is 21.3. The summed E-state index contributed by atoms with van der Waals surface area (Å²) in [5.41, 5.74) is 2.44. The van der Waals surface area contributed by atoms with Gasteiger partial charge in [0.2, 0.25) is 11.6 Å². The van der Waals surface area contributed by atoms with Gasteiger partial charge in [-0.3, -0.25) is 0 Å². The fourth-order valence-electron chi connectivity index (χ4n) is 3.52. The normalized spacial score (nSPS) is 19.2. The van der Waals surface area contributed by atoms with Gasteiger partial charge in [-0.1, -0.05) is 49.8 Å². The summed E-state index contributed by atoms with van der Waals surface area (Å²) in [5.74, 6) is -1.87. The van der Waals surface area contributed by atoms with Gasteiger partial charge >= 0.3 is 0 Å². The van der Waals surface area contributed by atoms with Gasteiger partial charge in [-0.2, -0.15) is 8.78 Å². The summed E-state index contributed by atoms with van der Waals surface area (Å²) in [7, 11) is 0. The van der Waals surface area contributed by atoms with Gasteiger partial charge in [-0.05, 0) is 49.4 Å². The Morgan fingerprint density at radius 3 is 2.30 bits per heavy atom. The van der Waals surface area contributed by atoms with Gasteiger partial charge in [-0.25, -0.2) is 0 Å². The van der Waals surface area contributed by atoms with E-state index in [9.17, 15) is 8.78 Å². The molecule has 2 unspecified atom stereocenters. The molecule has 3 nitrogen and oxygen atoms in total. The van der Waals surface area contributed by atoms with E-state index in [0.29, 0.717) is 19.1 Å². The lowest BCUT2D eigenvalue weighted by molar-refractivity contribution is -0.0219. The molecule has 5 heteroatoms. The number of unbranched alkanes of at least 4 members (excludes halogenated alkanes) is 1. The van der Waals surface area contributed by atoms with E-state index >= 15 is 0 Å². The number of halogens is 2. The van der Waals surface area contributed by atoms with Crippen LogP contribution in [-0.4, -0.2) is 25.9 Å². The molecule has 0 saturated carbocycles. The molecule has 1 heterocycles. The number of benzene rings is 2. The Hall–Kier alpha value is -2.40. The van der Waals surface area contributed by atoms with Gasteiger partial charge in [0.25, 0.3) is 0 Å². The first-order valence-electron chi connectivity index (χ1n) is 10.7. The third kappa shape index (κ3) is 5.82. The highest BCUT2D eigenvalue weighted by Gasteiger charge is 2.24. The van der Waals surface area contributed by atoms with Crippen molar-refractivity contribution in [1.82, 2.24) is 0 Å². The van der Waals surface area contributed by atoms with Crippen LogP contribution in [0.15, 0.2) is 42.5 Å². The molecule has 2 atom stereocenters. The Balaban J connectivity index is 1.49. The van der Waals surface area contributed by atoms with Crippen molar-refractivity contribution < 1.29 is 23.0 Å². The maximum atomic E-state index is 14.3. The summed E-state index contributed by atoms with van der Waals surface area (Å²) < 4.78 is 45.2. The van der Waals surface area contributed by atoms with Crippen molar-refractivity contribution in [3.63, 3.8) is 0 Å². The van der Waals surface area contributed by atoms with E-state index in [1.54, 1.807) is 0 Å². The molecule has 0 spiro atoms. The minimum atomic E-state index is -1.01. The van der Waals surface area contributed by atoms with Crippen LogP contribution >= 0.6 is 0 Å². The minimum Gasteiger partial charge on any atom is -0.490 e. The third-order valence-corrected chi connectivity index (χ3v) is 5.33. The minimum absolute atomic E-state index is 0.0782. The van der Waals surface area contributed by atoms with Crippen LogP contribution in [0.25, 0.3) is 6.08 Å². The first kappa shape index (κ1) is 22.3. The van der Waals surface area contributed by atoms with Crippen LogP contribution in [0.3, 0.4) is 0 Å². The topological polar surface area (TPSA) is 27.7 Å². The molecular formula is C25H30F2O3. The standard InChI is InChI=1S/C25H30F2O3/c1-3-5-15-28-22-13-14-23(25(27)24(22)26)30-17-21-12-11-20(16-29-21)19-9-7-18(6-4-2)8-10-19/h4,6-10,13-14,20-21H,3,5,11-12,15-17H2,1-2H3/b6-4+. The molecule has 0 aliphatic carbocycles. The summed E-state index contributed by atoms with van der Waals surface area (Å²) in [4.78, 5) is 0. The van der Waals surface area contributed by atoms with Crippen LogP contribution in [0.2, 0.25) is 0 Å². The molecule has 1 aliphatic rings. The molecule has 1 saturated heterocycles. The fourth-order valence-corrected chi connectivity index (χ4v) is 3.52. The number of hydrogen-bond acceptors (Lipinski definition) is 3. The van der Waals surface area contributed by atoms with Gasteiger partial charge < -0.3 is 14.2 Å². The lowest BCUT2D eigenvalue weighted by Crippen LogP contribution is -2.29. The second-order valence-corrected chi connectivity index (χ2v) is 7.60. The molecule has 0 N–H and O–H groups in total. The SMILES string of the molecule is C/C=C/c1ccc(C2CCC(COc3ccc(OCCCC)c(F)c3F)OC2)cc1. The summed E-state index contributed by atoms with van der Waals surface area (Å²) in [6.07, 6.45) is 7.45. The Morgan fingerprint density at radius 1 is 1.00 bits per heavy atom. The lowest BCUT2D eigenvalue weighted by atomic mass is 9.91. The zero-order valence-electron chi connectivity index (χ0n) is 17.7. The third-order valence-electron chi connectivity index (χ3n) is 5.33. The highest BCUT2D eigenvalue weighted by Crippen LogP contribution is 2.31. The molecule has 162 valence electrons. The van der Waals surface area contributed by atoms with Crippen molar-refractivity contribution >= 4 is 6.08 Å². The average Bonchev–Trinajstić information content (AvgIpc) is 2.77. The highest BCUT2D eigenvalue weighted by molar-refractivity contribution is 5.49. The molecule has 0 bridgehead atoms. The largest absolute Gasteiger partial charge is 0.490 e. The highest BCUT2D eigenvalue weighted by atomic mass is 19.2. The van der Waals surface area contributed by atoms with Crippen LogP contribution < -0.4 is 9.47 Å². The van der Waals surface area contributed by atoms with Gasteiger partial charge in [-0.15, -0.1) is 0 Å². The maximum absolute atomic E-state index is 14.3. The van der Waals surface area contributed by atoms with Crippen LogP contribution in [0.4, 0.5) is 8.78 Å². The van der Waals surface area contributed by atoms with Crippen molar-refractivity contribution in [3.8, 4) is 11.5 Å². The summed E-state index contributed by atoms with van der Waals surface area (Å²) in [5, 5.41) is 0. The van der Waals surface area contributed by atoms with Crippen molar-refractivity contribution in [2.75, 3.05) is 19.8 Å². The molecule has 3 rings (SSSR count). The predicted octanol–water partition coefficient (Wildman–Crippen LogP) is 6.52. The first-order valence-corrected chi connectivity index (χ1v) is 10.7. The van der Waals surface area contributed by atoms with Crippen molar-refractivity contribution in [2.24, 2.45) is 0 Å². The second-order valence-electron chi connectivity index (χ2n) is 7.60. The fraction of sp³-hybridized carbons (Fsp3) is 0.440. The molecular weight excluding hydrogens is 386 g/mol. The summed E-state index contributed by atoms with van der Waals surface area (Å²) in [6.45, 7) is 5.16. The van der Waals surface area contributed by atoms with Crippen LogP contribution in [0, 0.1) is 11.6 Å². The average molecular weight is 417 g/mol. The molecule has 0 amide bonds. The monoisotopic (exact) mass is 416 g/mol. The maximum Gasteiger partial charge on any atom is 0.204 e. The van der Waals surface area contributed by atoms with E-state index in [-0.39, 0.29) is 24.2 Å². The van der Waals surface area contributed by atoms with E-state index in [1.165, 1.54) is 23.3 Å². The van der Waals surface area contributed by atoms with E-state index in [2.05, 4.69) is 30.3 Å². The molecule has 0 aromatic heterocycles. The quantitative estimate of drug-likeness (QED) is 0.436. The lowest BCUT2D eigenvalue weighted by Gasteiger charge is -2.29. The Morgan fingerprint density at radius 2 is 1.70 bits per heavy atom. The Labute approximate surface area is 177 Å². The number of allylic oxidation sites excluding steroid dienone is 1. The summed E-state index contributed by atoms with van der Waals surface area (Å²) in [6, 6.07) is 11.3. The van der Waals surface area contributed by atoms with Gasteiger partial charge in [0, 0.05) is 5.92 Å². The van der Waals surface area contributed by atoms with E-state index in [4.69, 9.17) is 14.2 Å². The van der Waals surface area contributed by atoms with Crippen LogP contribution in [0.5, 0.6) is 11.5 Å². The molecule has 1 aliphatic heterocycles. The van der Waals surface area contributed by atoms with Crippen molar-refractivity contribution in [3.05, 3.63) is 65.2 Å². The molecule has 2 aromatic carbocycles. The van der Waals surface area contributed by atoms with Crippen molar-refractivity contribution in [2.45, 2.75) is 51.6 Å². The van der Waals surface area contributed by atoms with Gasteiger partial charge in [0.05, 0.1) is 19.3 Å². The molecule has 2 aromatic rings. The van der Waals surface area contributed by atoms with Crippen LogP contribution in [0.1, 0.15) is 56.6 Å².